The molecule has 0 saturated carbocycles. The maximum absolute atomic E-state index is 14.4. The van der Waals surface area contributed by atoms with E-state index in [9.17, 15) is 4.39 Å². The van der Waals surface area contributed by atoms with E-state index in [0.29, 0.717) is 10.0 Å². The molecule has 2 rings (SSSR count). The molecular formula is C15H19BrFN3. The molecule has 1 N–H and O–H groups in total. The van der Waals surface area contributed by atoms with Gasteiger partial charge in [0.05, 0.1) is 10.5 Å². The molecule has 0 aliphatic carbocycles. The lowest BCUT2D eigenvalue weighted by atomic mass is 10.1. The molecule has 5 heteroatoms. The van der Waals surface area contributed by atoms with Gasteiger partial charge < -0.3 is 9.88 Å². The van der Waals surface area contributed by atoms with Crippen molar-refractivity contribution in [1.29, 1.82) is 0 Å². The van der Waals surface area contributed by atoms with Crippen molar-refractivity contribution in [3.05, 3.63) is 52.3 Å². The third-order valence-electron chi connectivity index (χ3n) is 3.17. The van der Waals surface area contributed by atoms with Crippen LogP contribution < -0.4 is 5.32 Å². The summed E-state index contributed by atoms with van der Waals surface area (Å²) < 4.78 is 16.9. The molecule has 0 bridgehead atoms. The zero-order valence-electron chi connectivity index (χ0n) is 11.7. The summed E-state index contributed by atoms with van der Waals surface area (Å²) in [4.78, 5) is 4.42. The molecule has 108 valence electrons. The van der Waals surface area contributed by atoms with Gasteiger partial charge in [-0.25, -0.2) is 9.37 Å². The Morgan fingerprint density at radius 2 is 2.20 bits per heavy atom. The predicted octanol–water partition coefficient (Wildman–Crippen LogP) is 3.89. The SMILES string of the molecule is CCCn1ccnc1C(NCC)c1cccc(Br)c1F. The number of rotatable bonds is 6. The molecule has 1 aromatic heterocycles. The lowest BCUT2D eigenvalue weighted by molar-refractivity contribution is 0.513. The highest BCUT2D eigenvalue weighted by molar-refractivity contribution is 9.10. The fourth-order valence-electron chi connectivity index (χ4n) is 2.30. The molecular weight excluding hydrogens is 321 g/mol. The number of imidazole rings is 1. The highest BCUT2D eigenvalue weighted by Crippen LogP contribution is 2.27. The number of aromatic nitrogens is 2. The fraction of sp³-hybridized carbons (Fsp3) is 0.400. The lowest BCUT2D eigenvalue weighted by Gasteiger charge is -2.20. The average molecular weight is 340 g/mol. The summed E-state index contributed by atoms with van der Waals surface area (Å²) in [5.74, 6) is 0.621. The van der Waals surface area contributed by atoms with Crippen molar-refractivity contribution in [2.75, 3.05) is 6.54 Å². The number of nitrogens with zero attached hydrogens (tertiary/aromatic N) is 2. The van der Waals surface area contributed by atoms with Crippen molar-refractivity contribution in [2.24, 2.45) is 0 Å². The van der Waals surface area contributed by atoms with E-state index >= 15 is 0 Å². The van der Waals surface area contributed by atoms with Gasteiger partial charge in [-0.1, -0.05) is 26.0 Å². The zero-order valence-corrected chi connectivity index (χ0v) is 13.3. The van der Waals surface area contributed by atoms with Gasteiger partial charge in [0.25, 0.3) is 0 Å². The van der Waals surface area contributed by atoms with E-state index in [1.807, 2.05) is 19.2 Å². The van der Waals surface area contributed by atoms with Gasteiger partial charge in [0, 0.05) is 24.5 Å². The minimum atomic E-state index is -0.237. The quantitative estimate of drug-likeness (QED) is 0.865. The summed E-state index contributed by atoms with van der Waals surface area (Å²) in [7, 11) is 0. The molecule has 20 heavy (non-hydrogen) atoms. The van der Waals surface area contributed by atoms with Crippen LogP contribution in [0.15, 0.2) is 35.1 Å². The van der Waals surface area contributed by atoms with E-state index in [-0.39, 0.29) is 11.9 Å². The molecule has 2 aromatic rings. The largest absolute Gasteiger partial charge is 0.333 e. The van der Waals surface area contributed by atoms with E-state index in [1.54, 1.807) is 18.3 Å². The fourth-order valence-corrected chi connectivity index (χ4v) is 2.68. The third-order valence-corrected chi connectivity index (χ3v) is 3.78. The van der Waals surface area contributed by atoms with Crippen molar-refractivity contribution in [1.82, 2.24) is 14.9 Å². The second-order valence-corrected chi connectivity index (χ2v) is 5.47. The Kier molecular flexibility index (Phi) is 5.31. The molecule has 0 radical (unpaired) electrons. The van der Waals surface area contributed by atoms with E-state index < -0.39 is 0 Å². The molecule has 3 nitrogen and oxygen atoms in total. The zero-order chi connectivity index (χ0) is 14.5. The maximum Gasteiger partial charge on any atom is 0.142 e. The number of aryl methyl sites for hydroxylation is 1. The summed E-state index contributed by atoms with van der Waals surface area (Å²) in [5, 5.41) is 3.32. The Morgan fingerprint density at radius 1 is 1.40 bits per heavy atom. The predicted molar refractivity (Wildman–Crippen MR) is 82.1 cm³/mol. The second kappa shape index (κ2) is 6.99. The van der Waals surface area contributed by atoms with Gasteiger partial charge in [0.1, 0.15) is 11.6 Å². The monoisotopic (exact) mass is 339 g/mol. The lowest BCUT2D eigenvalue weighted by Crippen LogP contribution is -2.26. The molecule has 1 aromatic carbocycles. The second-order valence-electron chi connectivity index (χ2n) is 4.61. The van der Waals surface area contributed by atoms with Gasteiger partial charge >= 0.3 is 0 Å². The first-order chi connectivity index (χ1) is 9.69. The van der Waals surface area contributed by atoms with Gasteiger partial charge in [0.2, 0.25) is 0 Å². The van der Waals surface area contributed by atoms with E-state index in [2.05, 4.69) is 37.7 Å². The molecule has 1 atom stereocenters. The Bertz CT molecular complexity index is 568. The highest BCUT2D eigenvalue weighted by atomic mass is 79.9. The first-order valence-electron chi connectivity index (χ1n) is 6.87. The number of benzene rings is 1. The number of nitrogens with one attached hydrogen (secondary N) is 1. The first kappa shape index (κ1) is 15.2. The van der Waals surface area contributed by atoms with Crippen LogP contribution in [-0.2, 0) is 6.54 Å². The van der Waals surface area contributed by atoms with Crippen LogP contribution in [0.4, 0.5) is 4.39 Å². The normalized spacial score (nSPS) is 12.6. The van der Waals surface area contributed by atoms with Crippen LogP contribution in [-0.4, -0.2) is 16.1 Å². The van der Waals surface area contributed by atoms with Crippen molar-refractivity contribution in [3.8, 4) is 0 Å². The highest BCUT2D eigenvalue weighted by Gasteiger charge is 2.22. The van der Waals surface area contributed by atoms with Crippen LogP contribution in [0.25, 0.3) is 0 Å². The third kappa shape index (κ3) is 3.10. The van der Waals surface area contributed by atoms with Gasteiger partial charge in [-0.2, -0.15) is 0 Å². The summed E-state index contributed by atoms with van der Waals surface area (Å²) in [6, 6.07) is 5.12. The van der Waals surface area contributed by atoms with Crippen molar-refractivity contribution in [3.63, 3.8) is 0 Å². The Balaban J connectivity index is 2.45. The Morgan fingerprint density at radius 3 is 2.90 bits per heavy atom. The topological polar surface area (TPSA) is 29.9 Å². The molecule has 0 fully saturated rings. The number of halogens is 2. The summed E-state index contributed by atoms with van der Waals surface area (Å²) in [6.45, 7) is 5.75. The van der Waals surface area contributed by atoms with E-state index in [1.165, 1.54) is 0 Å². The molecule has 1 heterocycles. The molecule has 0 saturated heterocycles. The van der Waals surface area contributed by atoms with Crippen molar-refractivity contribution >= 4 is 15.9 Å². The molecule has 1 unspecified atom stereocenters. The van der Waals surface area contributed by atoms with Crippen LogP contribution in [0.1, 0.15) is 37.7 Å². The van der Waals surface area contributed by atoms with Gasteiger partial charge in [-0.15, -0.1) is 0 Å². The average Bonchev–Trinajstić information content (AvgIpc) is 2.88. The Labute approximate surface area is 127 Å². The Hall–Kier alpha value is -1.20. The van der Waals surface area contributed by atoms with Gasteiger partial charge in [-0.3, -0.25) is 0 Å². The standard InChI is InChI=1S/C15H19BrFN3/c1-3-9-20-10-8-19-15(20)14(18-4-2)11-6-5-7-12(16)13(11)17/h5-8,10,14,18H,3-4,9H2,1-2H3. The minimum absolute atomic E-state index is 0.232. The molecule has 0 aliphatic rings. The summed E-state index contributed by atoms with van der Waals surface area (Å²) >= 11 is 3.25. The van der Waals surface area contributed by atoms with Crippen LogP contribution in [0.5, 0.6) is 0 Å². The minimum Gasteiger partial charge on any atom is -0.333 e. The first-order valence-corrected chi connectivity index (χ1v) is 7.66. The van der Waals surface area contributed by atoms with E-state index in [0.717, 1.165) is 25.3 Å². The van der Waals surface area contributed by atoms with Crippen LogP contribution in [0.3, 0.4) is 0 Å². The van der Waals surface area contributed by atoms with Crippen LogP contribution >= 0.6 is 15.9 Å². The summed E-state index contributed by atoms with van der Waals surface area (Å²) in [6.07, 6.45) is 4.73. The van der Waals surface area contributed by atoms with Crippen molar-refractivity contribution in [2.45, 2.75) is 32.9 Å². The van der Waals surface area contributed by atoms with Gasteiger partial charge in [-0.05, 0) is 35.0 Å². The van der Waals surface area contributed by atoms with Crippen LogP contribution in [0, 0.1) is 5.82 Å². The number of hydrogen-bond acceptors (Lipinski definition) is 2. The van der Waals surface area contributed by atoms with Crippen LogP contribution in [0.2, 0.25) is 0 Å². The smallest absolute Gasteiger partial charge is 0.142 e. The maximum atomic E-state index is 14.4. The molecule has 0 aliphatic heterocycles. The van der Waals surface area contributed by atoms with Crippen molar-refractivity contribution < 1.29 is 4.39 Å². The van der Waals surface area contributed by atoms with Gasteiger partial charge in [0.15, 0.2) is 0 Å². The molecule has 0 spiro atoms. The summed E-state index contributed by atoms with van der Waals surface area (Å²) in [5.41, 5.74) is 0.616. The molecule has 0 amide bonds. The number of hydrogen-bond donors (Lipinski definition) is 1. The van der Waals surface area contributed by atoms with E-state index in [4.69, 9.17) is 0 Å².